The van der Waals surface area contributed by atoms with Crippen LogP contribution in [0, 0.1) is 11.8 Å². The summed E-state index contributed by atoms with van der Waals surface area (Å²) >= 11 is 0. The summed E-state index contributed by atoms with van der Waals surface area (Å²) in [5, 5.41) is 0. The second kappa shape index (κ2) is 65.6. The standard InChI is InChI=1S/C10H22O.C10H20.C8H18O2.3C6H14O/c1-3-5-7-9-11-10-8-6-4-2;1-3-9-5-7-10(4-2)8-6-9;1-3-5-9-7-8-10-6-4-2;3*1-3-5-7-6-4-2/h3-10H2,1-2H3;9-10H,3-8H2,1-2H3;3-8H2,1-2H3;3*3-6H2,1-2H3. The normalized spacial score (nSPS) is 14.5. The summed E-state index contributed by atoms with van der Waals surface area (Å²) in [5.41, 5.74) is 0. The topological polar surface area (TPSA) is 55.4 Å². The van der Waals surface area contributed by atoms with Gasteiger partial charge in [0.15, 0.2) is 0 Å². The van der Waals surface area contributed by atoms with E-state index < -0.39 is 0 Å². The third-order valence-corrected chi connectivity index (χ3v) is 8.07. The van der Waals surface area contributed by atoms with Crippen molar-refractivity contribution in [3.8, 4) is 0 Å². The second-order valence-corrected chi connectivity index (χ2v) is 13.8. The van der Waals surface area contributed by atoms with Crippen LogP contribution in [0.25, 0.3) is 0 Å². The predicted molar refractivity (Wildman–Crippen MR) is 232 cm³/mol. The molecule has 52 heavy (non-hydrogen) atoms. The summed E-state index contributed by atoms with van der Waals surface area (Å²) in [6.07, 6.45) is 25.6. The maximum absolute atomic E-state index is 5.44. The van der Waals surface area contributed by atoms with Crippen LogP contribution in [-0.2, 0) is 28.4 Å². The molecule has 0 saturated heterocycles. The molecule has 0 heterocycles. The number of hydrogen-bond donors (Lipinski definition) is 0. The average molecular weight is 751 g/mol. The quantitative estimate of drug-likeness (QED) is 0.0710. The van der Waals surface area contributed by atoms with E-state index in [4.69, 9.17) is 28.4 Å². The molecule has 1 aliphatic rings. The van der Waals surface area contributed by atoms with Gasteiger partial charge in [-0.05, 0) is 76.0 Å². The number of unbranched alkanes of at least 4 members (excludes halogenated alkanes) is 4. The molecule has 6 nitrogen and oxygen atoms in total. The third-order valence-electron chi connectivity index (χ3n) is 8.07. The Balaban J connectivity index is -0.000000172. The minimum Gasteiger partial charge on any atom is -0.381 e. The van der Waals surface area contributed by atoms with E-state index in [2.05, 4.69) is 83.1 Å². The first-order chi connectivity index (χ1) is 25.4. The fraction of sp³-hybridized carbons (Fsp3) is 1.00. The van der Waals surface area contributed by atoms with Crippen LogP contribution in [0.3, 0.4) is 0 Å². The SMILES string of the molecule is CCC1CCC(CC)CC1.CCCCCOCCCCC.CCCOCCC.CCCOCCC.CCCOCCC.CCCOCCOCCC. The van der Waals surface area contributed by atoms with Gasteiger partial charge in [-0.25, -0.2) is 0 Å². The Morgan fingerprint density at radius 1 is 0.250 bits per heavy atom. The van der Waals surface area contributed by atoms with Crippen LogP contribution in [0.15, 0.2) is 0 Å². The Kier molecular flexibility index (Phi) is 77.0. The van der Waals surface area contributed by atoms with E-state index >= 15 is 0 Å². The monoisotopic (exact) mass is 751 g/mol. The molecule has 1 rings (SSSR count). The number of hydrogen-bond acceptors (Lipinski definition) is 6. The molecule has 1 saturated carbocycles. The summed E-state index contributed by atoms with van der Waals surface area (Å²) in [6.45, 7) is 36.7. The molecule has 6 heteroatoms. The summed E-state index contributed by atoms with van der Waals surface area (Å²) in [5.74, 6) is 2.14. The maximum Gasteiger partial charge on any atom is 0.0700 e. The molecule has 1 fully saturated rings. The second-order valence-electron chi connectivity index (χ2n) is 13.8. The highest BCUT2D eigenvalue weighted by molar-refractivity contribution is 4.70. The Labute approximate surface area is 330 Å². The van der Waals surface area contributed by atoms with Gasteiger partial charge in [-0.15, -0.1) is 0 Å². The van der Waals surface area contributed by atoms with Crippen LogP contribution >= 0.6 is 0 Å². The van der Waals surface area contributed by atoms with Crippen molar-refractivity contribution in [3.63, 3.8) is 0 Å². The highest BCUT2D eigenvalue weighted by Crippen LogP contribution is 2.31. The summed E-state index contributed by atoms with van der Waals surface area (Å²) in [6, 6.07) is 0. The van der Waals surface area contributed by atoms with E-state index in [1.807, 2.05) is 0 Å². The van der Waals surface area contributed by atoms with E-state index in [-0.39, 0.29) is 0 Å². The van der Waals surface area contributed by atoms with Crippen LogP contribution in [0.5, 0.6) is 0 Å². The lowest BCUT2D eigenvalue weighted by Crippen LogP contribution is -2.12. The van der Waals surface area contributed by atoms with Gasteiger partial charge in [0.05, 0.1) is 13.2 Å². The van der Waals surface area contributed by atoms with E-state index in [0.29, 0.717) is 0 Å². The van der Waals surface area contributed by atoms with Gasteiger partial charge < -0.3 is 28.4 Å². The van der Waals surface area contributed by atoms with Crippen LogP contribution in [0.2, 0.25) is 0 Å². The van der Waals surface area contributed by atoms with E-state index in [1.165, 1.54) is 77.0 Å². The first-order valence-corrected chi connectivity index (χ1v) is 22.9. The summed E-state index contributed by atoms with van der Waals surface area (Å²) in [7, 11) is 0. The van der Waals surface area contributed by atoms with Crippen molar-refractivity contribution in [2.75, 3.05) is 79.3 Å². The molecule has 0 aromatic carbocycles. The highest BCUT2D eigenvalue weighted by Gasteiger charge is 2.17. The van der Waals surface area contributed by atoms with Crippen molar-refractivity contribution >= 4 is 0 Å². The van der Waals surface area contributed by atoms with Crippen LogP contribution in [-0.4, -0.2) is 79.3 Å². The molecule has 0 spiro atoms. The van der Waals surface area contributed by atoms with Gasteiger partial charge in [0.2, 0.25) is 0 Å². The highest BCUT2D eigenvalue weighted by atomic mass is 16.5. The van der Waals surface area contributed by atoms with Crippen LogP contribution in [0.1, 0.15) is 212 Å². The molecule has 0 bridgehead atoms. The van der Waals surface area contributed by atoms with Crippen molar-refractivity contribution in [1.29, 1.82) is 0 Å². The minimum absolute atomic E-state index is 0.744. The molecule has 0 atom stereocenters. The van der Waals surface area contributed by atoms with Crippen LogP contribution < -0.4 is 0 Å². The lowest BCUT2D eigenvalue weighted by molar-refractivity contribution is 0.0483. The molecule has 0 unspecified atom stereocenters. The van der Waals surface area contributed by atoms with Gasteiger partial charge in [0, 0.05) is 66.1 Å². The third kappa shape index (κ3) is 71.2. The van der Waals surface area contributed by atoms with Gasteiger partial charge in [0.1, 0.15) is 0 Å². The van der Waals surface area contributed by atoms with Crippen molar-refractivity contribution in [1.82, 2.24) is 0 Å². The largest absolute Gasteiger partial charge is 0.381 e. The van der Waals surface area contributed by atoms with E-state index in [9.17, 15) is 0 Å². The van der Waals surface area contributed by atoms with E-state index in [0.717, 1.165) is 142 Å². The van der Waals surface area contributed by atoms with Gasteiger partial charge in [-0.1, -0.05) is 147 Å². The molecule has 0 aromatic rings. The summed E-state index contributed by atoms with van der Waals surface area (Å²) < 4.78 is 31.2. The Morgan fingerprint density at radius 3 is 0.654 bits per heavy atom. The average Bonchev–Trinajstić information content (AvgIpc) is 3.18. The lowest BCUT2D eigenvalue weighted by Gasteiger charge is -2.26. The first-order valence-electron chi connectivity index (χ1n) is 22.9. The molecule has 0 amide bonds. The molecule has 0 N–H and O–H groups in total. The van der Waals surface area contributed by atoms with E-state index in [1.54, 1.807) is 0 Å². The lowest BCUT2D eigenvalue weighted by atomic mass is 9.80. The molecular formula is C46H102O6. The predicted octanol–water partition coefficient (Wildman–Crippen LogP) is 14.3. The van der Waals surface area contributed by atoms with Crippen LogP contribution in [0.4, 0.5) is 0 Å². The van der Waals surface area contributed by atoms with Gasteiger partial charge >= 0.3 is 0 Å². The fourth-order valence-corrected chi connectivity index (χ4v) is 4.84. The Bertz CT molecular complexity index is 435. The van der Waals surface area contributed by atoms with Crippen molar-refractivity contribution in [2.45, 2.75) is 212 Å². The minimum atomic E-state index is 0.744. The first kappa shape index (κ1) is 61.0. The van der Waals surface area contributed by atoms with Crippen molar-refractivity contribution in [3.05, 3.63) is 0 Å². The zero-order chi connectivity index (χ0) is 40.0. The molecule has 1 aliphatic carbocycles. The number of rotatable bonds is 29. The molecule has 0 aromatic heterocycles. The maximum atomic E-state index is 5.44. The number of ether oxygens (including phenoxy) is 6. The molecular weight excluding hydrogens is 649 g/mol. The fourth-order valence-electron chi connectivity index (χ4n) is 4.84. The molecule has 0 radical (unpaired) electrons. The Morgan fingerprint density at radius 2 is 0.462 bits per heavy atom. The zero-order valence-electron chi connectivity index (χ0n) is 38.2. The molecule has 322 valence electrons. The van der Waals surface area contributed by atoms with Gasteiger partial charge in [-0.3, -0.25) is 0 Å². The zero-order valence-corrected chi connectivity index (χ0v) is 38.2. The van der Waals surface area contributed by atoms with Crippen molar-refractivity contribution in [2.24, 2.45) is 11.8 Å². The molecule has 0 aliphatic heterocycles. The van der Waals surface area contributed by atoms with Gasteiger partial charge in [-0.2, -0.15) is 0 Å². The van der Waals surface area contributed by atoms with Gasteiger partial charge in [0.25, 0.3) is 0 Å². The Hall–Kier alpha value is -0.240. The smallest absolute Gasteiger partial charge is 0.0700 e. The van der Waals surface area contributed by atoms with Crippen molar-refractivity contribution < 1.29 is 28.4 Å². The summed E-state index contributed by atoms with van der Waals surface area (Å²) in [4.78, 5) is 0.